The maximum absolute atomic E-state index is 11.4. The van der Waals surface area contributed by atoms with Gasteiger partial charge in [0.05, 0.1) is 41.7 Å². The molecule has 0 aromatic heterocycles. The summed E-state index contributed by atoms with van der Waals surface area (Å²) in [5.74, 6) is -2.65. The Morgan fingerprint density at radius 3 is 0.830 bits per heavy atom. The highest BCUT2D eigenvalue weighted by Gasteiger charge is 2.31. The molecule has 0 fully saturated rings. The summed E-state index contributed by atoms with van der Waals surface area (Å²) in [6.45, 7) is 73.6. The number of carbonyl (C=O) groups is 11. The van der Waals surface area contributed by atoms with Crippen LogP contribution in [0.4, 0.5) is 0 Å². The van der Waals surface area contributed by atoms with Crippen LogP contribution in [0.1, 0.15) is 269 Å². The number of esters is 9. The molecular formula is C84H138Br8O20. The van der Waals surface area contributed by atoms with Crippen LogP contribution in [-0.4, -0.2) is 159 Å². The maximum Gasteiger partial charge on any atom is 0.333 e. The van der Waals surface area contributed by atoms with Gasteiger partial charge in [-0.2, -0.15) is 0 Å². The summed E-state index contributed by atoms with van der Waals surface area (Å²) >= 11 is 25.9. The number of unbranched alkanes of at least 4 members (excludes halogenated alkanes) is 7. The predicted molar refractivity (Wildman–Crippen MR) is 485 cm³/mol. The zero-order chi connectivity index (χ0) is 90.0. The SMILES string of the molecule is C=C(C)C(=O)OCC(C)OC(=O)C(C)(C)Br.C=C(C)C(=O)OCCCOC(=O)C(C)(C)Br.C=C(C)C(=O)OCCOC(=O)C(C)(C)Br.C=C(C)CCC(=O)C(C)(C)Br.C=C(C)CCC(=O)C(C)(C)Br.C=C(C)CCCCCCCOC(=O)C(C)(C)Br.C=C(C)CCOC(=O)C(C)(C)Br.C=CCCCCCOC(=O)C(C)(C)Br. The Bertz CT molecular complexity index is 2890. The molecule has 0 aromatic rings. The lowest BCUT2D eigenvalue weighted by molar-refractivity contribution is -0.157. The first kappa shape index (κ1) is 124. The number of hydrogen-bond donors (Lipinski definition) is 0. The highest BCUT2D eigenvalue weighted by atomic mass is 79.9. The van der Waals surface area contributed by atoms with Crippen LogP contribution in [-0.2, 0) is 95.4 Å². The summed E-state index contributed by atoms with van der Waals surface area (Å²) in [4.78, 5) is 123. The van der Waals surface area contributed by atoms with Crippen molar-refractivity contribution in [2.45, 2.75) is 310 Å². The molecule has 0 heterocycles. The van der Waals surface area contributed by atoms with E-state index >= 15 is 0 Å². The molecule has 1 atom stereocenters. The van der Waals surface area contributed by atoms with Gasteiger partial charge in [0.15, 0.2) is 0 Å². The monoisotopic (exact) mass is 2100 g/mol. The fourth-order valence-electron chi connectivity index (χ4n) is 5.96. The molecule has 0 spiro atoms. The summed E-state index contributed by atoms with van der Waals surface area (Å²) in [5, 5.41) is 0. The Labute approximate surface area is 741 Å². The molecule has 0 rings (SSSR count). The molecule has 0 saturated heterocycles. The molecule has 0 aliphatic rings. The van der Waals surface area contributed by atoms with Gasteiger partial charge in [-0.3, -0.25) is 38.4 Å². The quantitative estimate of drug-likeness (QED) is 0.0137. The van der Waals surface area contributed by atoms with Crippen molar-refractivity contribution in [2.24, 2.45) is 0 Å². The van der Waals surface area contributed by atoms with Crippen molar-refractivity contribution in [2.75, 3.05) is 52.9 Å². The van der Waals surface area contributed by atoms with Crippen LogP contribution in [0.2, 0.25) is 0 Å². The minimum Gasteiger partial charge on any atom is -0.465 e. The van der Waals surface area contributed by atoms with Crippen molar-refractivity contribution < 1.29 is 95.4 Å². The third-order valence-corrected chi connectivity index (χ3v) is 15.8. The highest BCUT2D eigenvalue weighted by molar-refractivity contribution is 9.11. The van der Waals surface area contributed by atoms with Crippen molar-refractivity contribution in [3.05, 3.63) is 97.7 Å². The minimum absolute atomic E-state index is 0.0283. The second kappa shape index (κ2) is 66.3. The normalized spacial score (nSPS) is 11.3. The first-order valence-electron chi connectivity index (χ1n) is 36.8. The zero-order valence-electron chi connectivity index (χ0n) is 72.0. The van der Waals surface area contributed by atoms with Gasteiger partial charge in [0.2, 0.25) is 0 Å². The molecule has 112 heavy (non-hydrogen) atoms. The number of alkyl halides is 8. The van der Waals surface area contributed by atoms with Crippen molar-refractivity contribution in [1.29, 1.82) is 0 Å². The summed E-state index contributed by atoms with van der Waals surface area (Å²) in [5.41, 5.74) is 5.42. The number of ketones is 2. The molecular weight excluding hydrogens is 1970 g/mol. The average Bonchev–Trinajstić information content (AvgIpc) is 0.683. The summed E-state index contributed by atoms with van der Waals surface area (Å²) in [6.07, 6.45) is 16.5. The first-order valence-corrected chi connectivity index (χ1v) is 43.1. The molecule has 0 aliphatic heterocycles. The van der Waals surface area contributed by atoms with E-state index in [1.165, 1.54) is 24.8 Å². The molecule has 650 valence electrons. The van der Waals surface area contributed by atoms with E-state index in [2.05, 4.69) is 187 Å². The highest BCUT2D eigenvalue weighted by Crippen LogP contribution is 2.25. The fraction of sp³-hybridized carbons (Fsp3) is 0.679. The molecule has 0 aromatic carbocycles. The number of hydrogen-bond acceptors (Lipinski definition) is 20. The van der Waals surface area contributed by atoms with Crippen molar-refractivity contribution >= 4 is 193 Å². The Morgan fingerprint density at radius 1 is 0.286 bits per heavy atom. The lowest BCUT2D eigenvalue weighted by Crippen LogP contribution is -2.32. The largest absolute Gasteiger partial charge is 0.465 e. The second-order valence-corrected chi connectivity index (χ2v) is 46.2. The van der Waals surface area contributed by atoms with Crippen LogP contribution in [0.5, 0.6) is 0 Å². The third kappa shape index (κ3) is 88.7. The lowest BCUT2D eigenvalue weighted by Gasteiger charge is -2.19. The third-order valence-electron chi connectivity index (χ3n) is 12.9. The van der Waals surface area contributed by atoms with E-state index in [0.29, 0.717) is 55.8 Å². The van der Waals surface area contributed by atoms with Gasteiger partial charge in [0.25, 0.3) is 0 Å². The van der Waals surface area contributed by atoms with E-state index < -0.39 is 61.9 Å². The maximum atomic E-state index is 11.4. The Hall–Kier alpha value is -3.67. The van der Waals surface area contributed by atoms with E-state index in [9.17, 15) is 52.7 Å². The molecule has 0 amide bonds. The lowest BCUT2D eigenvalue weighted by atomic mass is 10.0. The molecule has 28 heteroatoms. The number of Topliss-reactive ketones (excluding diaryl/α,β-unsaturated/α-hetero) is 2. The van der Waals surface area contributed by atoms with E-state index in [4.69, 9.17) is 42.6 Å². The molecule has 0 bridgehead atoms. The average molecular weight is 2110 g/mol. The summed E-state index contributed by atoms with van der Waals surface area (Å²) in [7, 11) is 0. The number of halogens is 8. The van der Waals surface area contributed by atoms with Gasteiger partial charge in [-0.1, -0.05) is 195 Å². The van der Waals surface area contributed by atoms with Gasteiger partial charge in [0.1, 0.15) is 63.4 Å². The van der Waals surface area contributed by atoms with Crippen LogP contribution < -0.4 is 0 Å². The van der Waals surface area contributed by atoms with Gasteiger partial charge in [0, 0.05) is 42.4 Å². The molecule has 0 saturated carbocycles. The van der Waals surface area contributed by atoms with E-state index in [-0.39, 0.29) is 77.1 Å². The fourth-order valence-corrected chi connectivity index (χ4v) is 7.02. The van der Waals surface area contributed by atoms with Crippen LogP contribution >= 0.6 is 127 Å². The number of ether oxygens (including phenoxy) is 9. The van der Waals surface area contributed by atoms with E-state index in [0.717, 1.165) is 80.9 Å². The zero-order valence-corrected chi connectivity index (χ0v) is 84.7. The molecule has 1 unspecified atom stereocenters. The van der Waals surface area contributed by atoms with E-state index in [1.54, 1.807) is 111 Å². The van der Waals surface area contributed by atoms with Crippen LogP contribution in [0, 0.1) is 0 Å². The van der Waals surface area contributed by atoms with Crippen molar-refractivity contribution in [3.63, 3.8) is 0 Å². The Kier molecular flexibility index (Phi) is 73.3. The van der Waals surface area contributed by atoms with Gasteiger partial charge in [-0.05, 0) is 224 Å². The summed E-state index contributed by atoms with van der Waals surface area (Å²) in [6, 6.07) is 0. The summed E-state index contributed by atoms with van der Waals surface area (Å²) < 4.78 is 39.9. The Morgan fingerprint density at radius 2 is 0.536 bits per heavy atom. The van der Waals surface area contributed by atoms with Gasteiger partial charge in [-0.25, -0.2) is 14.4 Å². The molecule has 0 radical (unpaired) electrons. The minimum atomic E-state index is -0.736. The second-order valence-electron chi connectivity index (χ2n) is 30.3. The van der Waals surface area contributed by atoms with Crippen LogP contribution in [0.25, 0.3) is 0 Å². The standard InChI is InChI=1S/C14H25BrO2.2C11H17BrO4.C11H19BrO2.C10H15BrO4.C9H15BrO2.2C9H15BrO/c1-12(2)10-8-6-5-7-9-11-17-13(16)14(3,4)15;1-7(2)9(13)15-6-8(3)16-10(14)11(4,5)12;1-8(2)9(13)15-6-5-7-16-10(14)11(3,4)12;1-4-5-6-7-8-9-14-10(13)11(2,3)12;1-7(2)8(12)14-5-6-15-9(13)10(3,4)11;1-7(2)5-6-12-8(11)9(3,4)10;2*1-7(2)5-6-8(11)9(3,4)10/h1,5-11H2,2-4H3;8H,1,6H2,2-5H3;1,5-7H2,2-4H3;4H,1,5-9H2,2-3H3;1,5-6H2,2-4H3;1,5-6H2,2-4H3;2*1,5-6H2,2-4H3. The smallest absolute Gasteiger partial charge is 0.333 e. The molecule has 0 N–H and O–H groups in total. The molecule has 0 aliphatic carbocycles. The van der Waals surface area contributed by atoms with Crippen LogP contribution in [0.3, 0.4) is 0 Å². The van der Waals surface area contributed by atoms with Crippen molar-refractivity contribution in [3.8, 4) is 0 Å². The van der Waals surface area contributed by atoms with Crippen molar-refractivity contribution in [1.82, 2.24) is 0 Å². The topological polar surface area (TPSA) is 271 Å². The number of allylic oxidation sites excluding steroid dienone is 4. The van der Waals surface area contributed by atoms with Gasteiger partial charge < -0.3 is 42.6 Å². The molecule has 20 nitrogen and oxygen atoms in total. The van der Waals surface area contributed by atoms with Gasteiger partial charge >= 0.3 is 53.7 Å². The Balaban J connectivity index is -0.000000185. The predicted octanol–water partition coefficient (Wildman–Crippen LogP) is 23.2. The number of rotatable bonds is 44. The number of carbonyl (C=O) groups excluding carboxylic acids is 11. The van der Waals surface area contributed by atoms with Gasteiger partial charge in [-0.15, -0.1) is 32.9 Å². The van der Waals surface area contributed by atoms with Crippen LogP contribution in [0.15, 0.2) is 97.7 Å². The first-order chi connectivity index (χ1) is 50.5. The van der Waals surface area contributed by atoms with E-state index in [1.807, 2.05) is 54.5 Å².